The maximum Gasteiger partial charge on any atom is 0.303 e. The summed E-state index contributed by atoms with van der Waals surface area (Å²) in [5.41, 5.74) is -0.406. The van der Waals surface area contributed by atoms with E-state index in [1.165, 1.54) is 25.6 Å². The number of carbonyl (C=O) groups is 2. The summed E-state index contributed by atoms with van der Waals surface area (Å²) in [5, 5.41) is 0.315. The van der Waals surface area contributed by atoms with Gasteiger partial charge in [0, 0.05) is 19.1 Å². The second-order valence-corrected chi connectivity index (χ2v) is 4.77. The van der Waals surface area contributed by atoms with Gasteiger partial charge in [0.25, 0.3) is 0 Å². The number of ether oxygens (including phenoxy) is 2. The maximum atomic E-state index is 10.7. The Labute approximate surface area is 88.3 Å². The first kappa shape index (κ1) is 13.3. The van der Waals surface area contributed by atoms with Crippen LogP contribution in [0.15, 0.2) is 0 Å². The van der Waals surface area contributed by atoms with Crippen molar-refractivity contribution < 1.29 is 19.1 Å². The van der Waals surface area contributed by atoms with Gasteiger partial charge in [-0.3, -0.25) is 9.59 Å². The smallest absolute Gasteiger partial charge is 0.303 e. The molecule has 0 saturated heterocycles. The molecule has 0 heterocycles. The molecule has 0 aromatic carbocycles. The summed E-state index contributed by atoms with van der Waals surface area (Å²) in [7, 11) is 0. The highest BCUT2D eigenvalue weighted by molar-refractivity contribution is 8.00. The second kappa shape index (κ2) is 6.70. The quantitative estimate of drug-likeness (QED) is 0.520. The first-order chi connectivity index (χ1) is 6.41. The highest BCUT2D eigenvalue weighted by Gasteiger charge is 2.15. The summed E-state index contributed by atoms with van der Waals surface area (Å²) in [6, 6.07) is 0. The van der Waals surface area contributed by atoms with Crippen LogP contribution in [0.4, 0.5) is 0 Å². The molecular formula is C9H16O4S. The minimum Gasteiger partial charge on any atom is -0.461 e. The molecule has 4 nitrogen and oxygen atoms in total. The molecule has 0 bridgehead atoms. The molecule has 0 N–H and O–H groups in total. The van der Waals surface area contributed by atoms with E-state index >= 15 is 0 Å². The molecule has 0 spiro atoms. The molecule has 1 atom stereocenters. The van der Waals surface area contributed by atoms with E-state index in [0.717, 1.165) is 0 Å². The van der Waals surface area contributed by atoms with Gasteiger partial charge < -0.3 is 9.47 Å². The minimum atomic E-state index is -0.406. The van der Waals surface area contributed by atoms with Crippen LogP contribution in [0.2, 0.25) is 0 Å². The lowest BCUT2D eigenvalue weighted by Crippen LogP contribution is -2.22. The molecule has 0 radical (unpaired) electrons. The third-order valence-electron chi connectivity index (χ3n) is 1.14. The van der Waals surface area contributed by atoms with Gasteiger partial charge in [0.15, 0.2) is 5.44 Å². The number of rotatable bonds is 5. The van der Waals surface area contributed by atoms with Crippen LogP contribution in [0.3, 0.4) is 0 Å². The summed E-state index contributed by atoms with van der Waals surface area (Å²) in [6.45, 7) is 6.73. The zero-order chi connectivity index (χ0) is 11.1. The van der Waals surface area contributed by atoms with Crippen LogP contribution in [0.5, 0.6) is 0 Å². The summed E-state index contributed by atoms with van der Waals surface area (Å²) in [4.78, 5) is 21.3. The Balaban J connectivity index is 3.96. The van der Waals surface area contributed by atoms with Gasteiger partial charge in [-0.05, 0) is 0 Å². The van der Waals surface area contributed by atoms with Crippen LogP contribution in [0.25, 0.3) is 0 Å². The van der Waals surface area contributed by atoms with E-state index < -0.39 is 5.44 Å². The molecule has 0 fully saturated rings. The lowest BCUT2D eigenvalue weighted by molar-refractivity contribution is -0.151. The fraction of sp³-hybridized carbons (Fsp3) is 0.778. The Hall–Kier alpha value is -0.710. The molecule has 14 heavy (non-hydrogen) atoms. The third kappa shape index (κ3) is 7.91. The van der Waals surface area contributed by atoms with Crippen LogP contribution in [0, 0.1) is 0 Å². The molecule has 0 amide bonds. The molecule has 0 aromatic rings. The molecule has 0 aromatic heterocycles. The van der Waals surface area contributed by atoms with E-state index in [-0.39, 0.29) is 18.5 Å². The number of hydrogen-bond donors (Lipinski definition) is 0. The van der Waals surface area contributed by atoms with Crippen LogP contribution in [-0.2, 0) is 19.1 Å². The highest BCUT2D eigenvalue weighted by atomic mass is 32.2. The third-order valence-corrected chi connectivity index (χ3v) is 2.22. The van der Waals surface area contributed by atoms with Crippen LogP contribution < -0.4 is 0 Å². The predicted molar refractivity (Wildman–Crippen MR) is 54.9 cm³/mol. The lowest BCUT2D eigenvalue weighted by Gasteiger charge is -2.17. The number of carbonyl (C=O) groups excluding carboxylic acids is 2. The van der Waals surface area contributed by atoms with Gasteiger partial charge in [0.2, 0.25) is 0 Å². The van der Waals surface area contributed by atoms with Crippen LogP contribution in [-0.4, -0.2) is 29.2 Å². The van der Waals surface area contributed by atoms with Gasteiger partial charge in [0.05, 0.1) is 0 Å². The van der Waals surface area contributed by atoms with Crippen molar-refractivity contribution in [3.63, 3.8) is 0 Å². The van der Waals surface area contributed by atoms with Gasteiger partial charge in [-0.2, -0.15) is 0 Å². The normalized spacial score (nSPS) is 12.4. The monoisotopic (exact) mass is 220 g/mol. The average molecular weight is 220 g/mol. The lowest BCUT2D eigenvalue weighted by atomic mass is 10.6. The molecule has 0 rings (SSSR count). The Morgan fingerprint density at radius 3 is 2.14 bits per heavy atom. The molecule has 0 aliphatic heterocycles. The molecule has 5 heteroatoms. The van der Waals surface area contributed by atoms with E-state index in [0.29, 0.717) is 5.25 Å². The van der Waals surface area contributed by atoms with Crippen molar-refractivity contribution in [2.45, 2.75) is 38.4 Å². The average Bonchev–Trinajstić information content (AvgIpc) is 1.97. The second-order valence-electron chi connectivity index (χ2n) is 3.03. The van der Waals surface area contributed by atoms with Gasteiger partial charge >= 0.3 is 11.9 Å². The van der Waals surface area contributed by atoms with Crippen LogP contribution in [0.1, 0.15) is 27.7 Å². The molecule has 1 unspecified atom stereocenters. The van der Waals surface area contributed by atoms with E-state index in [1.54, 1.807) is 0 Å². The number of hydrogen-bond acceptors (Lipinski definition) is 5. The molecule has 0 aliphatic rings. The first-order valence-electron chi connectivity index (χ1n) is 4.38. The summed E-state index contributed by atoms with van der Waals surface area (Å²) < 4.78 is 9.73. The molecule has 0 saturated carbocycles. The molecular weight excluding hydrogens is 204 g/mol. The summed E-state index contributed by atoms with van der Waals surface area (Å²) >= 11 is 1.45. The molecule has 82 valence electrons. The largest absolute Gasteiger partial charge is 0.461 e. The SMILES string of the molecule is CC(=O)OCC(OC(C)=O)SC(C)C. The fourth-order valence-corrected chi connectivity index (χ4v) is 1.72. The fourth-order valence-electron chi connectivity index (χ4n) is 0.775. The number of esters is 2. The first-order valence-corrected chi connectivity index (χ1v) is 5.32. The van der Waals surface area contributed by atoms with Crippen molar-refractivity contribution in [3.8, 4) is 0 Å². The highest BCUT2D eigenvalue weighted by Crippen LogP contribution is 2.18. The maximum absolute atomic E-state index is 10.7. The number of thioether (sulfide) groups is 1. The van der Waals surface area contributed by atoms with Crippen molar-refractivity contribution in [2.24, 2.45) is 0 Å². The van der Waals surface area contributed by atoms with E-state index in [1.807, 2.05) is 13.8 Å². The van der Waals surface area contributed by atoms with Crippen molar-refractivity contribution in [2.75, 3.05) is 6.61 Å². The van der Waals surface area contributed by atoms with Gasteiger partial charge in [0.1, 0.15) is 6.61 Å². The Kier molecular flexibility index (Phi) is 6.36. The molecule has 0 aliphatic carbocycles. The topological polar surface area (TPSA) is 52.6 Å². The van der Waals surface area contributed by atoms with Gasteiger partial charge in [-0.1, -0.05) is 13.8 Å². The summed E-state index contributed by atoms with van der Waals surface area (Å²) in [6.07, 6.45) is 0. The van der Waals surface area contributed by atoms with Gasteiger partial charge in [-0.15, -0.1) is 11.8 Å². The van der Waals surface area contributed by atoms with E-state index in [9.17, 15) is 9.59 Å². The Bertz CT molecular complexity index is 203. The van der Waals surface area contributed by atoms with Gasteiger partial charge in [-0.25, -0.2) is 0 Å². The minimum absolute atomic E-state index is 0.109. The Morgan fingerprint density at radius 2 is 1.79 bits per heavy atom. The predicted octanol–water partition coefficient (Wildman–Crippen LogP) is 1.58. The zero-order valence-corrected chi connectivity index (χ0v) is 9.72. The Morgan fingerprint density at radius 1 is 1.21 bits per heavy atom. The van der Waals surface area contributed by atoms with Crippen LogP contribution >= 0.6 is 11.8 Å². The standard InChI is InChI=1S/C9H16O4S/c1-6(2)14-9(13-8(4)11)5-12-7(3)10/h6,9H,5H2,1-4H3. The summed E-state index contributed by atoms with van der Waals surface area (Å²) in [5.74, 6) is -0.734. The van der Waals surface area contributed by atoms with E-state index in [4.69, 9.17) is 9.47 Å². The van der Waals surface area contributed by atoms with Crippen molar-refractivity contribution in [1.29, 1.82) is 0 Å². The van der Waals surface area contributed by atoms with Crippen molar-refractivity contribution >= 4 is 23.7 Å². The van der Waals surface area contributed by atoms with Crippen molar-refractivity contribution in [3.05, 3.63) is 0 Å². The zero-order valence-electron chi connectivity index (χ0n) is 8.90. The van der Waals surface area contributed by atoms with E-state index in [2.05, 4.69) is 0 Å². The van der Waals surface area contributed by atoms with Crippen molar-refractivity contribution in [1.82, 2.24) is 0 Å².